The number of aryl methyl sites for hydroxylation is 2. The van der Waals surface area contributed by atoms with Gasteiger partial charge in [0.15, 0.2) is 0 Å². The molecule has 0 aliphatic heterocycles. The lowest BCUT2D eigenvalue weighted by molar-refractivity contribution is 0.669. The summed E-state index contributed by atoms with van der Waals surface area (Å²) in [7, 11) is 1.90. The molecule has 1 aromatic carbocycles. The van der Waals surface area contributed by atoms with E-state index in [0.717, 1.165) is 15.7 Å². The third kappa shape index (κ3) is 1.90. The number of benzene rings is 1. The molecule has 16 heavy (non-hydrogen) atoms. The molecule has 0 saturated heterocycles. The van der Waals surface area contributed by atoms with Gasteiger partial charge in [-0.25, -0.2) is 0 Å². The second-order valence-corrected chi connectivity index (χ2v) is 4.69. The van der Waals surface area contributed by atoms with Crippen molar-refractivity contribution in [3.05, 3.63) is 51.8 Å². The molecule has 2 rings (SSSR count). The zero-order valence-electron chi connectivity index (χ0n) is 9.31. The van der Waals surface area contributed by atoms with E-state index >= 15 is 0 Å². The number of nitrogens with two attached hydrogens (primary N) is 1. The first-order chi connectivity index (χ1) is 7.61. The zero-order chi connectivity index (χ0) is 11.7. The standard InChI is InChI=1S/C12H14BrN3/c1-8-5-3-4-6-9(8)11(14)12-10(13)7-15-16(12)2/h3-7,11H,14H2,1-2H3. The van der Waals surface area contributed by atoms with Gasteiger partial charge in [-0.1, -0.05) is 24.3 Å². The van der Waals surface area contributed by atoms with Crippen LogP contribution in [0.5, 0.6) is 0 Å². The van der Waals surface area contributed by atoms with Gasteiger partial charge < -0.3 is 5.73 Å². The molecule has 0 spiro atoms. The van der Waals surface area contributed by atoms with Crippen LogP contribution >= 0.6 is 15.9 Å². The van der Waals surface area contributed by atoms with E-state index in [1.54, 1.807) is 10.9 Å². The van der Waals surface area contributed by atoms with E-state index in [1.807, 2.05) is 19.2 Å². The van der Waals surface area contributed by atoms with E-state index in [0.29, 0.717) is 0 Å². The molecular formula is C12H14BrN3. The van der Waals surface area contributed by atoms with Crippen LogP contribution in [-0.4, -0.2) is 9.78 Å². The molecule has 4 heteroatoms. The maximum absolute atomic E-state index is 6.27. The first-order valence-electron chi connectivity index (χ1n) is 5.09. The topological polar surface area (TPSA) is 43.8 Å². The average Bonchev–Trinajstić information content (AvgIpc) is 2.58. The third-order valence-electron chi connectivity index (χ3n) is 2.76. The molecule has 0 fully saturated rings. The van der Waals surface area contributed by atoms with Gasteiger partial charge in [0.1, 0.15) is 0 Å². The lowest BCUT2D eigenvalue weighted by atomic mass is 10.00. The van der Waals surface area contributed by atoms with Gasteiger partial charge in [0.05, 0.1) is 22.4 Å². The lowest BCUT2D eigenvalue weighted by Crippen LogP contribution is -2.17. The van der Waals surface area contributed by atoms with Crippen molar-refractivity contribution >= 4 is 15.9 Å². The Bertz CT molecular complexity index is 485. The Kier molecular flexibility index (Phi) is 3.12. The van der Waals surface area contributed by atoms with E-state index in [4.69, 9.17) is 5.73 Å². The van der Waals surface area contributed by atoms with Crippen LogP contribution in [0.2, 0.25) is 0 Å². The molecule has 1 heterocycles. The van der Waals surface area contributed by atoms with Crippen molar-refractivity contribution in [2.24, 2.45) is 12.8 Å². The van der Waals surface area contributed by atoms with Crippen LogP contribution in [0.15, 0.2) is 34.9 Å². The number of hydrogen-bond acceptors (Lipinski definition) is 2. The van der Waals surface area contributed by atoms with Crippen molar-refractivity contribution in [2.75, 3.05) is 0 Å². The van der Waals surface area contributed by atoms with E-state index in [2.05, 4.69) is 40.1 Å². The van der Waals surface area contributed by atoms with Crippen molar-refractivity contribution < 1.29 is 0 Å². The summed E-state index contributed by atoms with van der Waals surface area (Å²) in [5.74, 6) is 0. The fourth-order valence-corrected chi connectivity index (χ4v) is 2.45. The molecule has 2 N–H and O–H groups in total. The number of hydrogen-bond donors (Lipinski definition) is 1. The Morgan fingerprint density at radius 3 is 2.62 bits per heavy atom. The Morgan fingerprint density at radius 1 is 1.38 bits per heavy atom. The quantitative estimate of drug-likeness (QED) is 0.918. The molecule has 1 atom stereocenters. The van der Waals surface area contributed by atoms with Crippen LogP contribution in [0.1, 0.15) is 22.9 Å². The van der Waals surface area contributed by atoms with Gasteiger partial charge in [-0.2, -0.15) is 5.10 Å². The highest BCUT2D eigenvalue weighted by Gasteiger charge is 2.17. The monoisotopic (exact) mass is 279 g/mol. The molecule has 0 radical (unpaired) electrons. The number of nitrogens with zero attached hydrogens (tertiary/aromatic N) is 2. The Labute approximate surface area is 103 Å². The summed E-state index contributed by atoms with van der Waals surface area (Å²) >= 11 is 3.48. The first kappa shape index (κ1) is 11.4. The van der Waals surface area contributed by atoms with Gasteiger partial charge in [0.25, 0.3) is 0 Å². The Hall–Kier alpha value is -1.13. The number of halogens is 1. The molecule has 0 bridgehead atoms. The fraction of sp³-hybridized carbons (Fsp3) is 0.250. The molecule has 1 unspecified atom stereocenters. The molecule has 3 nitrogen and oxygen atoms in total. The van der Waals surface area contributed by atoms with E-state index in [1.165, 1.54) is 5.56 Å². The predicted octanol–water partition coefficient (Wildman–Crippen LogP) is 2.54. The summed E-state index contributed by atoms with van der Waals surface area (Å²) in [6, 6.07) is 8.00. The normalized spacial score (nSPS) is 12.8. The molecule has 0 saturated carbocycles. The van der Waals surface area contributed by atoms with Gasteiger partial charge in [-0.15, -0.1) is 0 Å². The molecule has 0 aliphatic carbocycles. The van der Waals surface area contributed by atoms with Crippen molar-refractivity contribution in [2.45, 2.75) is 13.0 Å². The second kappa shape index (κ2) is 4.39. The van der Waals surface area contributed by atoms with Crippen LogP contribution in [0, 0.1) is 6.92 Å². The van der Waals surface area contributed by atoms with Crippen LogP contribution in [0.4, 0.5) is 0 Å². The van der Waals surface area contributed by atoms with Gasteiger partial charge in [-0.3, -0.25) is 4.68 Å². The SMILES string of the molecule is Cc1ccccc1C(N)c1c(Br)cnn1C. The van der Waals surface area contributed by atoms with Crippen LogP contribution in [-0.2, 0) is 7.05 Å². The smallest absolute Gasteiger partial charge is 0.0737 e. The third-order valence-corrected chi connectivity index (χ3v) is 3.37. The number of rotatable bonds is 2. The Balaban J connectivity index is 2.47. The largest absolute Gasteiger partial charge is 0.319 e. The minimum absolute atomic E-state index is 0.150. The molecule has 1 aromatic heterocycles. The van der Waals surface area contributed by atoms with Crippen molar-refractivity contribution in [1.29, 1.82) is 0 Å². The van der Waals surface area contributed by atoms with Crippen molar-refractivity contribution in [1.82, 2.24) is 9.78 Å². The number of aromatic nitrogens is 2. The highest BCUT2D eigenvalue weighted by Crippen LogP contribution is 2.27. The fourth-order valence-electron chi connectivity index (χ4n) is 1.85. The molecule has 84 valence electrons. The van der Waals surface area contributed by atoms with Crippen molar-refractivity contribution in [3.63, 3.8) is 0 Å². The summed E-state index contributed by atoms with van der Waals surface area (Å²) in [6.45, 7) is 2.07. The summed E-state index contributed by atoms with van der Waals surface area (Å²) < 4.78 is 2.76. The van der Waals surface area contributed by atoms with E-state index < -0.39 is 0 Å². The molecule has 0 amide bonds. The maximum Gasteiger partial charge on any atom is 0.0737 e. The van der Waals surface area contributed by atoms with E-state index in [9.17, 15) is 0 Å². The van der Waals surface area contributed by atoms with Crippen LogP contribution < -0.4 is 5.73 Å². The zero-order valence-corrected chi connectivity index (χ0v) is 10.9. The maximum atomic E-state index is 6.27. The van der Waals surface area contributed by atoms with E-state index in [-0.39, 0.29) is 6.04 Å². The van der Waals surface area contributed by atoms with Crippen LogP contribution in [0.25, 0.3) is 0 Å². The van der Waals surface area contributed by atoms with Gasteiger partial charge >= 0.3 is 0 Å². The van der Waals surface area contributed by atoms with Crippen molar-refractivity contribution in [3.8, 4) is 0 Å². The predicted molar refractivity (Wildman–Crippen MR) is 68.1 cm³/mol. The first-order valence-corrected chi connectivity index (χ1v) is 5.89. The Morgan fingerprint density at radius 2 is 2.06 bits per heavy atom. The van der Waals surface area contributed by atoms with Gasteiger partial charge in [0, 0.05) is 7.05 Å². The summed E-state index contributed by atoms with van der Waals surface area (Å²) in [5, 5.41) is 4.18. The van der Waals surface area contributed by atoms with Crippen LogP contribution in [0.3, 0.4) is 0 Å². The van der Waals surface area contributed by atoms with Gasteiger partial charge in [0.2, 0.25) is 0 Å². The lowest BCUT2D eigenvalue weighted by Gasteiger charge is -2.15. The highest BCUT2D eigenvalue weighted by atomic mass is 79.9. The highest BCUT2D eigenvalue weighted by molar-refractivity contribution is 9.10. The summed E-state index contributed by atoms with van der Waals surface area (Å²) in [5.41, 5.74) is 9.60. The second-order valence-electron chi connectivity index (χ2n) is 3.84. The average molecular weight is 280 g/mol. The summed E-state index contributed by atoms with van der Waals surface area (Å²) in [6.07, 6.45) is 1.77. The molecular weight excluding hydrogens is 266 g/mol. The van der Waals surface area contributed by atoms with Gasteiger partial charge in [-0.05, 0) is 34.0 Å². The summed E-state index contributed by atoms with van der Waals surface area (Å²) in [4.78, 5) is 0. The molecule has 2 aromatic rings. The minimum Gasteiger partial charge on any atom is -0.319 e. The molecule has 0 aliphatic rings. The minimum atomic E-state index is -0.150.